The molecule has 4 heteroatoms. The maximum Gasteiger partial charge on any atom is 0.238 e. The number of imide groups is 1. The minimum absolute atomic E-state index is 0.187. The zero-order valence-corrected chi connectivity index (χ0v) is 10.1. The molecule has 1 aliphatic heterocycles. The van der Waals surface area contributed by atoms with Gasteiger partial charge < -0.3 is 4.98 Å². The van der Waals surface area contributed by atoms with E-state index in [1.165, 1.54) is 0 Å². The van der Waals surface area contributed by atoms with Crippen molar-refractivity contribution in [2.45, 2.75) is 25.2 Å². The number of amides is 2. The molecule has 18 heavy (non-hydrogen) atoms. The zero-order valence-electron chi connectivity index (χ0n) is 10.1. The summed E-state index contributed by atoms with van der Waals surface area (Å²) in [5.74, 6) is -0.403. The van der Waals surface area contributed by atoms with Crippen LogP contribution in [0, 0.1) is 0 Å². The van der Waals surface area contributed by atoms with Crippen LogP contribution >= 0.6 is 0 Å². The third-order valence-corrected chi connectivity index (χ3v) is 3.76. The van der Waals surface area contributed by atoms with Crippen LogP contribution in [0.3, 0.4) is 0 Å². The fourth-order valence-corrected chi connectivity index (χ4v) is 2.58. The molecule has 92 valence electrons. The molecule has 2 heterocycles. The van der Waals surface area contributed by atoms with Crippen molar-refractivity contribution in [3.05, 3.63) is 36.2 Å². The minimum atomic E-state index is -0.656. The molecule has 3 rings (SSSR count). The second-order valence-corrected chi connectivity index (χ2v) is 4.96. The van der Waals surface area contributed by atoms with E-state index in [0.29, 0.717) is 12.8 Å². The molecule has 0 spiro atoms. The van der Waals surface area contributed by atoms with Crippen LogP contribution in [0.5, 0.6) is 0 Å². The zero-order chi connectivity index (χ0) is 12.8. The number of piperidine rings is 1. The maximum atomic E-state index is 12.1. The lowest BCUT2D eigenvalue weighted by Gasteiger charge is -2.31. The quantitative estimate of drug-likeness (QED) is 0.750. The summed E-state index contributed by atoms with van der Waals surface area (Å²) >= 11 is 0. The summed E-state index contributed by atoms with van der Waals surface area (Å²) in [6, 6.07) is 7.92. The summed E-state index contributed by atoms with van der Waals surface area (Å²) in [5.41, 5.74) is 0.236. The highest BCUT2D eigenvalue weighted by atomic mass is 16.2. The molecule has 1 fully saturated rings. The van der Waals surface area contributed by atoms with E-state index in [-0.39, 0.29) is 11.8 Å². The van der Waals surface area contributed by atoms with Gasteiger partial charge in [-0.1, -0.05) is 24.3 Å². The number of H-pyrrole nitrogens is 1. The molecule has 0 radical (unpaired) electrons. The van der Waals surface area contributed by atoms with Crippen molar-refractivity contribution in [3.63, 3.8) is 0 Å². The lowest BCUT2D eigenvalue weighted by molar-refractivity contribution is -0.137. The molecule has 2 N–H and O–H groups in total. The second-order valence-electron chi connectivity index (χ2n) is 4.96. The van der Waals surface area contributed by atoms with Gasteiger partial charge in [-0.2, -0.15) is 0 Å². The van der Waals surface area contributed by atoms with E-state index >= 15 is 0 Å². The molecule has 1 unspecified atom stereocenters. The molecule has 2 amide bonds. The molecule has 1 atom stereocenters. The molecular weight excluding hydrogens is 228 g/mol. The van der Waals surface area contributed by atoms with Crippen molar-refractivity contribution in [1.29, 1.82) is 0 Å². The first-order valence-corrected chi connectivity index (χ1v) is 6.02. The maximum absolute atomic E-state index is 12.1. The Bertz CT molecular complexity index is 644. The highest BCUT2D eigenvalue weighted by molar-refractivity contribution is 6.05. The van der Waals surface area contributed by atoms with Crippen LogP contribution in [0.4, 0.5) is 0 Å². The lowest BCUT2D eigenvalue weighted by Crippen LogP contribution is -2.50. The van der Waals surface area contributed by atoms with E-state index in [1.807, 2.05) is 37.4 Å². The van der Waals surface area contributed by atoms with Gasteiger partial charge >= 0.3 is 0 Å². The van der Waals surface area contributed by atoms with Crippen LogP contribution in [0.2, 0.25) is 0 Å². The number of hydrogen-bond donors (Lipinski definition) is 2. The summed E-state index contributed by atoms with van der Waals surface area (Å²) in [7, 11) is 0. The van der Waals surface area contributed by atoms with Crippen molar-refractivity contribution in [2.24, 2.45) is 0 Å². The minimum Gasteiger partial charge on any atom is -0.363 e. The summed E-state index contributed by atoms with van der Waals surface area (Å²) < 4.78 is 0. The Morgan fingerprint density at radius 3 is 2.78 bits per heavy atom. The molecule has 0 bridgehead atoms. The number of rotatable bonds is 1. The van der Waals surface area contributed by atoms with Crippen LogP contribution in [0.25, 0.3) is 10.8 Å². The molecule has 0 aliphatic carbocycles. The highest BCUT2D eigenvalue weighted by Crippen LogP contribution is 2.35. The number of nitrogens with one attached hydrogen (secondary N) is 2. The number of aromatic amines is 1. The Balaban J connectivity index is 2.13. The molecule has 1 aromatic carbocycles. The van der Waals surface area contributed by atoms with Gasteiger partial charge in [0.15, 0.2) is 0 Å². The van der Waals surface area contributed by atoms with Gasteiger partial charge in [0.05, 0.1) is 5.41 Å². The summed E-state index contributed by atoms with van der Waals surface area (Å²) in [6.45, 7) is 1.88. The summed E-state index contributed by atoms with van der Waals surface area (Å²) in [6.07, 6.45) is 2.83. The normalized spacial score (nSPS) is 24.3. The van der Waals surface area contributed by atoms with Crippen molar-refractivity contribution in [2.75, 3.05) is 0 Å². The van der Waals surface area contributed by atoms with Gasteiger partial charge in [0.2, 0.25) is 11.8 Å². The van der Waals surface area contributed by atoms with E-state index in [9.17, 15) is 9.59 Å². The Kier molecular flexibility index (Phi) is 2.26. The van der Waals surface area contributed by atoms with Gasteiger partial charge in [-0.15, -0.1) is 0 Å². The molecular formula is C14H14N2O2. The lowest BCUT2D eigenvalue weighted by atomic mass is 9.77. The van der Waals surface area contributed by atoms with Crippen LogP contribution in [-0.4, -0.2) is 16.8 Å². The number of carbonyl (C=O) groups excluding carboxylic acids is 2. The molecule has 1 saturated heterocycles. The average Bonchev–Trinajstić information content (AvgIpc) is 2.79. The topological polar surface area (TPSA) is 62.0 Å². The molecule has 1 aliphatic rings. The first-order chi connectivity index (χ1) is 8.61. The van der Waals surface area contributed by atoms with Crippen molar-refractivity contribution in [3.8, 4) is 0 Å². The third-order valence-electron chi connectivity index (χ3n) is 3.76. The third kappa shape index (κ3) is 1.45. The average molecular weight is 242 g/mol. The Morgan fingerprint density at radius 2 is 2.00 bits per heavy atom. The monoisotopic (exact) mass is 242 g/mol. The molecule has 0 saturated carbocycles. The second kappa shape index (κ2) is 3.70. The van der Waals surface area contributed by atoms with E-state index in [4.69, 9.17) is 0 Å². The van der Waals surface area contributed by atoms with E-state index < -0.39 is 5.41 Å². The standard InChI is InChI=1S/C14H14N2O2/c1-14(7-6-11(17)16-13(14)18)12-10-5-3-2-4-9(10)8-15-12/h2-5,8,15H,6-7H2,1H3,(H,16,17,18). The summed E-state index contributed by atoms with van der Waals surface area (Å²) in [4.78, 5) is 26.6. The van der Waals surface area contributed by atoms with Gasteiger partial charge in [-0.05, 0) is 18.7 Å². The van der Waals surface area contributed by atoms with Crippen molar-refractivity contribution >= 4 is 22.6 Å². The fraction of sp³-hybridized carbons (Fsp3) is 0.286. The predicted molar refractivity (Wildman–Crippen MR) is 68.0 cm³/mol. The van der Waals surface area contributed by atoms with Crippen LogP contribution in [0.1, 0.15) is 25.5 Å². The van der Waals surface area contributed by atoms with Crippen LogP contribution in [-0.2, 0) is 15.0 Å². The largest absolute Gasteiger partial charge is 0.363 e. The molecule has 2 aromatic rings. The number of aromatic nitrogens is 1. The van der Waals surface area contributed by atoms with Crippen molar-refractivity contribution < 1.29 is 9.59 Å². The van der Waals surface area contributed by atoms with Crippen LogP contribution < -0.4 is 5.32 Å². The van der Waals surface area contributed by atoms with Gasteiger partial charge in [-0.25, -0.2) is 0 Å². The Morgan fingerprint density at radius 1 is 1.22 bits per heavy atom. The number of carbonyl (C=O) groups is 2. The van der Waals surface area contributed by atoms with E-state index in [0.717, 1.165) is 16.5 Å². The Hall–Kier alpha value is -2.10. The molecule has 1 aromatic heterocycles. The van der Waals surface area contributed by atoms with Gasteiger partial charge in [-0.3, -0.25) is 14.9 Å². The fourth-order valence-electron chi connectivity index (χ4n) is 2.58. The van der Waals surface area contributed by atoms with E-state index in [2.05, 4.69) is 10.3 Å². The predicted octanol–water partition coefficient (Wildman–Crippen LogP) is 1.86. The molecule has 4 nitrogen and oxygen atoms in total. The SMILES string of the molecule is CC1(c2[nH]cc3ccccc23)CCC(=O)NC1=O. The first kappa shape index (κ1) is 11.0. The van der Waals surface area contributed by atoms with Crippen molar-refractivity contribution in [1.82, 2.24) is 10.3 Å². The van der Waals surface area contributed by atoms with Gasteiger partial charge in [0.25, 0.3) is 0 Å². The number of fused-ring (bicyclic) bond motifs is 1. The smallest absolute Gasteiger partial charge is 0.238 e. The summed E-state index contributed by atoms with van der Waals surface area (Å²) in [5, 5.41) is 4.55. The van der Waals surface area contributed by atoms with Crippen LogP contribution in [0.15, 0.2) is 30.5 Å². The highest BCUT2D eigenvalue weighted by Gasteiger charge is 2.41. The van der Waals surface area contributed by atoms with E-state index in [1.54, 1.807) is 0 Å². The first-order valence-electron chi connectivity index (χ1n) is 6.02. The Labute approximate surface area is 104 Å². The van der Waals surface area contributed by atoms with Gasteiger partial charge in [0.1, 0.15) is 0 Å². The van der Waals surface area contributed by atoms with Gasteiger partial charge in [0, 0.05) is 23.7 Å². The number of benzene rings is 1. The number of hydrogen-bond acceptors (Lipinski definition) is 2.